The number of rotatable bonds is 5. The third-order valence-electron chi connectivity index (χ3n) is 2.70. The van der Waals surface area contributed by atoms with Crippen molar-refractivity contribution in [3.63, 3.8) is 0 Å². The zero-order valence-corrected chi connectivity index (χ0v) is 10.9. The van der Waals surface area contributed by atoms with Gasteiger partial charge in [-0.1, -0.05) is 0 Å². The van der Waals surface area contributed by atoms with Crippen LogP contribution in [-0.4, -0.2) is 27.1 Å². The fraction of sp³-hybridized carbons (Fsp3) is 0.214. The van der Waals surface area contributed by atoms with Crippen LogP contribution in [0.1, 0.15) is 16.1 Å². The minimum atomic E-state index is -0.275. The van der Waals surface area contributed by atoms with Gasteiger partial charge in [0.15, 0.2) is 17.3 Å². The van der Waals surface area contributed by atoms with Gasteiger partial charge in [0, 0.05) is 6.07 Å². The molecule has 1 aromatic carbocycles. The summed E-state index contributed by atoms with van der Waals surface area (Å²) >= 11 is 0. The molecule has 0 spiro atoms. The summed E-state index contributed by atoms with van der Waals surface area (Å²) < 4.78 is 20.7. The van der Waals surface area contributed by atoms with Crippen molar-refractivity contribution in [2.24, 2.45) is 0 Å². The van der Waals surface area contributed by atoms with Crippen LogP contribution in [0.15, 0.2) is 34.9 Å². The van der Waals surface area contributed by atoms with E-state index in [9.17, 15) is 4.79 Å². The van der Waals surface area contributed by atoms with E-state index in [4.69, 9.17) is 18.6 Å². The summed E-state index contributed by atoms with van der Waals surface area (Å²) in [5.41, 5.74) is 0.357. The predicted octanol–water partition coefficient (Wildman–Crippen LogP) is 2.54. The number of carbonyl (C=O) groups excluding carboxylic acids is 1. The number of hydrogen-bond donors (Lipinski definition) is 0. The van der Waals surface area contributed by atoms with Gasteiger partial charge in [0.25, 0.3) is 0 Å². The van der Waals surface area contributed by atoms with Crippen LogP contribution >= 0.6 is 0 Å². The molecule has 0 amide bonds. The first kappa shape index (κ1) is 13.0. The molecule has 100 valence electrons. The van der Waals surface area contributed by atoms with Crippen LogP contribution in [0, 0.1) is 0 Å². The molecule has 5 nitrogen and oxygen atoms in total. The summed E-state index contributed by atoms with van der Waals surface area (Å²) in [6.45, 7) is 0. The van der Waals surface area contributed by atoms with Gasteiger partial charge in [-0.05, 0) is 18.2 Å². The molecular weight excluding hydrogens is 248 g/mol. The van der Waals surface area contributed by atoms with E-state index in [2.05, 4.69) is 0 Å². The van der Waals surface area contributed by atoms with Crippen molar-refractivity contribution >= 4 is 5.78 Å². The molecule has 0 saturated carbocycles. The molecule has 0 atom stereocenters. The van der Waals surface area contributed by atoms with E-state index in [0.717, 1.165) is 0 Å². The van der Waals surface area contributed by atoms with Gasteiger partial charge in [0.05, 0.1) is 33.2 Å². The van der Waals surface area contributed by atoms with Crippen molar-refractivity contribution in [2.75, 3.05) is 21.3 Å². The number of carbonyl (C=O) groups is 1. The number of benzene rings is 1. The molecule has 0 aliphatic rings. The highest BCUT2D eigenvalue weighted by atomic mass is 16.5. The molecule has 0 saturated heterocycles. The highest BCUT2D eigenvalue weighted by molar-refractivity contribution is 6.09. The summed E-state index contributed by atoms with van der Waals surface area (Å²) in [7, 11) is 4.51. The van der Waals surface area contributed by atoms with Gasteiger partial charge in [0.2, 0.25) is 5.78 Å². The maximum atomic E-state index is 12.3. The molecule has 0 unspecified atom stereocenters. The highest BCUT2D eigenvalue weighted by Gasteiger charge is 2.20. The Morgan fingerprint density at radius 2 is 1.63 bits per heavy atom. The van der Waals surface area contributed by atoms with Crippen molar-refractivity contribution in [2.45, 2.75) is 0 Å². The third-order valence-corrected chi connectivity index (χ3v) is 2.70. The zero-order chi connectivity index (χ0) is 13.8. The van der Waals surface area contributed by atoms with E-state index >= 15 is 0 Å². The molecule has 0 radical (unpaired) electrons. The third kappa shape index (κ3) is 2.40. The van der Waals surface area contributed by atoms with Gasteiger partial charge in [0.1, 0.15) is 5.75 Å². The normalized spacial score (nSPS) is 10.1. The Morgan fingerprint density at radius 3 is 2.16 bits per heavy atom. The summed E-state index contributed by atoms with van der Waals surface area (Å²) in [6.07, 6.45) is 1.44. The molecule has 0 fully saturated rings. The molecule has 0 bridgehead atoms. The van der Waals surface area contributed by atoms with E-state index in [0.29, 0.717) is 22.8 Å². The minimum absolute atomic E-state index is 0.241. The molecule has 1 heterocycles. The summed E-state index contributed by atoms with van der Waals surface area (Å²) in [5.74, 6) is 1.32. The van der Waals surface area contributed by atoms with E-state index < -0.39 is 0 Å². The Kier molecular flexibility index (Phi) is 3.75. The lowest BCUT2D eigenvalue weighted by Gasteiger charge is -2.12. The molecule has 2 rings (SSSR count). The molecule has 0 aliphatic carbocycles. The Labute approximate surface area is 110 Å². The van der Waals surface area contributed by atoms with Crippen LogP contribution in [0.25, 0.3) is 0 Å². The summed E-state index contributed by atoms with van der Waals surface area (Å²) in [4.78, 5) is 12.3. The lowest BCUT2D eigenvalue weighted by atomic mass is 10.1. The molecule has 19 heavy (non-hydrogen) atoms. The number of ether oxygens (including phenoxy) is 3. The quantitative estimate of drug-likeness (QED) is 0.775. The first-order valence-electron chi connectivity index (χ1n) is 5.59. The van der Waals surface area contributed by atoms with E-state index in [-0.39, 0.29) is 11.5 Å². The van der Waals surface area contributed by atoms with Crippen LogP contribution in [0.4, 0.5) is 0 Å². The van der Waals surface area contributed by atoms with Gasteiger partial charge in [-0.3, -0.25) is 4.79 Å². The smallest absolute Gasteiger partial charge is 0.232 e. The van der Waals surface area contributed by atoms with E-state index in [1.165, 1.54) is 27.6 Å². The molecular formula is C14H14O5. The van der Waals surface area contributed by atoms with Crippen LogP contribution in [0.5, 0.6) is 17.2 Å². The Morgan fingerprint density at radius 1 is 1.00 bits per heavy atom. The van der Waals surface area contributed by atoms with Crippen LogP contribution in [0.3, 0.4) is 0 Å². The van der Waals surface area contributed by atoms with Crippen molar-refractivity contribution in [3.05, 3.63) is 41.9 Å². The average Bonchev–Trinajstić information content (AvgIpc) is 2.99. The largest absolute Gasteiger partial charge is 0.496 e. The number of methoxy groups -OCH3 is 3. The van der Waals surface area contributed by atoms with Gasteiger partial charge in [-0.15, -0.1) is 0 Å². The molecule has 2 aromatic rings. The Balaban J connectivity index is 2.52. The van der Waals surface area contributed by atoms with Crippen LogP contribution < -0.4 is 14.2 Å². The van der Waals surface area contributed by atoms with Crippen molar-refractivity contribution in [1.82, 2.24) is 0 Å². The standard InChI is InChI=1S/C14H14O5/c1-16-11-8-13(18-3)12(17-2)7-9(11)14(15)10-5-4-6-19-10/h4-8H,1-3H3. The molecule has 1 aromatic heterocycles. The summed E-state index contributed by atoms with van der Waals surface area (Å²) in [6, 6.07) is 6.43. The first-order chi connectivity index (χ1) is 9.21. The second-order valence-electron chi connectivity index (χ2n) is 3.71. The fourth-order valence-corrected chi connectivity index (χ4v) is 1.75. The molecule has 0 aliphatic heterocycles. The monoisotopic (exact) mass is 262 g/mol. The number of hydrogen-bond acceptors (Lipinski definition) is 5. The fourth-order valence-electron chi connectivity index (χ4n) is 1.75. The second-order valence-corrected chi connectivity index (χ2v) is 3.71. The predicted molar refractivity (Wildman–Crippen MR) is 68.2 cm³/mol. The van der Waals surface area contributed by atoms with Gasteiger partial charge >= 0.3 is 0 Å². The maximum Gasteiger partial charge on any atom is 0.232 e. The van der Waals surface area contributed by atoms with E-state index in [1.54, 1.807) is 24.3 Å². The van der Waals surface area contributed by atoms with Gasteiger partial charge in [-0.25, -0.2) is 0 Å². The topological polar surface area (TPSA) is 57.9 Å². The average molecular weight is 262 g/mol. The lowest BCUT2D eigenvalue weighted by molar-refractivity contribution is 0.101. The van der Waals surface area contributed by atoms with Gasteiger partial charge in [-0.2, -0.15) is 0 Å². The zero-order valence-electron chi connectivity index (χ0n) is 10.9. The maximum absolute atomic E-state index is 12.3. The molecule has 0 N–H and O–H groups in total. The van der Waals surface area contributed by atoms with Gasteiger partial charge < -0.3 is 18.6 Å². The van der Waals surface area contributed by atoms with Crippen molar-refractivity contribution < 1.29 is 23.4 Å². The SMILES string of the molecule is COc1cc(OC)c(C(=O)c2ccco2)cc1OC. The lowest BCUT2D eigenvalue weighted by Crippen LogP contribution is -2.04. The molecule has 5 heteroatoms. The van der Waals surface area contributed by atoms with Crippen molar-refractivity contribution in [1.29, 1.82) is 0 Å². The highest BCUT2D eigenvalue weighted by Crippen LogP contribution is 2.35. The summed E-state index contributed by atoms with van der Waals surface area (Å²) in [5, 5.41) is 0. The first-order valence-corrected chi connectivity index (χ1v) is 5.59. The van der Waals surface area contributed by atoms with Crippen LogP contribution in [0.2, 0.25) is 0 Å². The van der Waals surface area contributed by atoms with E-state index in [1.807, 2.05) is 0 Å². The number of furan rings is 1. The number of ketones is 1. The Bertz CT molecular complexity index is 572. The second kappa shape index (κ2) is 5.48. The van der Waals surface area contributed by atoms with Crippen LogP contribution in [-0.2, 0) is 0 Å². The van der Waals surface area contributed by atoms with Crippen molar-refractivity contribution in [3.8, 4) is 17.2 Å². The minimum Gasteiger partial charge on any atom is -0.496 e. The Hall–Kier alpha value is -2.43.